The summed E-state index contributed by atoms with van der Waals surface area (Å²) < 4.78 is 10.8. The summed E-state index contributed by atoms with van der Waals surface area (Å²) in [5.41, 5.74) is 4.84. The summed E-state index contributed by atoms with van der Waals surface area (Å²) >= 11 is 5.37. The first kappa shape index (κ1) is 85.7. The van der Waals surface area contributed by atoms with Gasteiger partial charge in [-0.15, -0.1) is 0 Å². The van der Waals surface area contributed by atoms with E-state index in [2.05, 4.69) is 100 Å². The van der Waals surface area contributed by atoms with Gasteiger partial charge < -0.3 is 126 Å². The number of carbonyl (C=O) groups excluding carboxylic acids is 2. The zero-order valence-corrected chi connectivity index (χ0v) is 68.2. The number of ether oxygens (including phenoxy) is 2. The molecule has 117 heavy (non-hydrogen) atoms. The van der Waals surface area contributed by atoms with Crippen molar-refractivity contribution in [3.8, 4) is 0 Å². The highest BCUT2D eigenvalue weighted by Gasteiger charge is 2.48. The van der Waals surface area contributed by atoms with Gasteiger partial charge in [0, 0.05) is 208 Å². The van der Waals surface area contributed by atoms with E-state index in [4.69, 9.17) is 26.8 Å². The monoisotopic (exact) mass is 1640 g/mol. The lowest BCUT2D eigenvalue weighted by molar-refractivity contribution is -0.389. The van der Waals surface area contributed by atoms with Crippen LogP contribution in [0, 0.1) is 86.1 Å². The van der Waals surface area contributed by atoms with Crippen molar-refractivity contribution in [2.24, 2.45) is 35.5 Å². The first-order valence-corrected chi connectivity index (χ1v) is 40.4. The van der Waals surface area contributed by atoms with E-state index >= 15 is 0 Å². The molecular formula is C78H107ClN24O14. The number of nitrogens with zero attached hydrogens (tertiary/aromatic N) is 20. The van der Waals surface area contributed by atoms with E-state index in [0.29, 0.717) is 84.5 Å². The standard InChI is InChI=1S/C16H22N4O4.C12H16N4O2.C12H18N4.2C11H14N4O2.C11H20N2O2.C5H3ClN2O2/c1-16(2,3)24-15(21)18-9-11-7-8-19(12(11)10-18)13-5-4-6-14(17-13)20(22)23;1-14-7-9-5-6-15(10(9)8-14)11-3-2-4-12(13-11)16(17)18;1-15-7-9-5-6-16(10(9)8-15)12-4-2-3-11(13)14-12;2*16-15(17)11-3-1-2-10(13-11)14-5-4-8-6-12-7-9(8)14;1-11(2,3)15-10(14)13-6-8-4-5-12-9(8)7-13;6-4-2-1-3-5(7-4)8(9)10/h4-6,11-12H,7-10H2,1-3H3;2-4,9-10H,5-8H2,1H3;2-4,9-10H,5-8H2,1H3,(H2,13,14);2*1-3,8-9,12H,4-7H2;8-9,12H,4-7H2,1-3H3;1-3H. The van der Waals surface area contributed by atoms with Crippen LogP contribution in [0.15, 0.2) is 109 Å². The largest absolute Gasteiger partial charge is 0.444 e. The molecule has 18 rings (SSSR count). The third kappa shape index (κ3) is 22.0. The number of hydrogen-bond donors (Lipinski definition) is 4. The van der Waals surface area contributed by atoms with Crippen LogP contribution >= 0.6 is 11.6 Å². The maximum atomic E-state index is 12.3. The maximum absolute atomic E-state index is 12.3. The Bertz CT molecular complexity index is 4400. The topological polar surface area (TPSA) is 437 Å². The fourth-order valence-corrected chi connectivity index (χ4v) is 18.2. The molecule has 630 valence electrons. The summed E-state index contributed by atoms with van der Waals surface area (Å²) in [5.74, 6) is 7.67. The van der Waals surface area contributed by atoms with Gasteiger partial charge >= 0.3 is 41.3 Å². The van der Waals surface area contributed by atoms with E-state index in [1.807, 2.05) is 76.8 Å². The number of pyridine rings is 6. The van der Waals surface area contributed by atoms with Crippen molar-refractivity contribution >= 4 is 87.8 Å². The molecule has 0 radical (unpaired) electrons. The van der Waals surface area contributed by atoms with Crippen molar-refractivity contribution in [2.75, 3.05) is 162 Å². The number of nitrogens with two attached hydrogens (primary N) is 1. The first-order chi connectivity index (χ1) is 55.8. The Morgan fingerprint density at radius 1 is 0.402 bits per heavy atom. The van der Waals surface area contributed by atoms with Gasteiger partial charge in [-0.1, -0.05) is 6.07 Å². The maximum Gasteiger partial charge on any atom is 0.410 e. The Hall–Kier alpha value is -10.7. The second kappa shape index (κ2) is 37.7. The van der Waals surface area contributed by atoms with Crippen LogP contribution in [0.2, 0.25) is 5.15 Å². The average molecular weight is 1640 g/mol. The number of likely N-dealkylation sites (N-methyl/N-ethyl adjacent to an activating group) is 2. The zero-order valence-electron chi connectivity index (χ0n) is 67.4. The Morgan fingerprint density at radius 3 is 1.09 bits per heavy atom. The lowest BCUT2D eigenvalue weighted by Crippen LogP contribution is -2.39. The first-order valence-electron chi connectivity index (χ1n) is 40.1. The summed E-state index contributed by atoms with van der Waals surface area (Å²) in [5, 5.41) is 63.4. The number of halogens is 1. The highest BCUT2D eigenvalue weighted by Crippen LogP contribution is 2.39. The third-order valence-corrected chi connectivity index (χ3v) is 23.5. The summed E-state index contributed by atoms with van der Waals surface area (Å²) in [6.45, 7) is 28.5. The van der Waals surface area contributed by atoms with Crippen molar-refractivity contribution in [3.63, 3.8) is 0 Å². The van der Waals surface area contributed by atoms with Gasteiger partial charge in [0.05, 0.1) is 6.04 Å². The van der Waals surface area contributed by atoms with Gasteiger partial charge in [0.25, 0.3) is 0 Å². The SMILES string of the molecule is CC(C)(C)OC(=O)N1CC2CCN(c3cccc([N+](=O)[O-])n3)C2C1.CC(C)(C)OC(=O)N1CC2CCNC2C1.CN1CC2CCN(c3cccc(N)n3)C2C1.CN1CC2CCN(c3cccc([N+](=O)[O-])n3)C2C1.O=[N+]([O-])c1cccc(Cl)n1.O=[N+]([O-])c1cccc(N2CCC3CNCC32)n1.O=[N+]([O-])c1cccc(N2CCC3CNCC32)n1. The molecule has 6 aromatic heterocycles. The second-order valence-corrected chi connectivity index (χ2v) is 34.0. The molecule has 38 nitrogen and oxygen atoms in total. The van der Waals surface area contributed by atoms with Gasteiger partial charge in [-0.05, 0) is 234 Å². The molecule has 12 aliphatic rings. The third-order valence-electron chi connectivity index (χ3n) is 23.3. The smallest absolute Gasteiger partial charge is 0.410 e. The molecule has 0 aromatic carbocycles. The van der Waals surface area contributed by atoms with Crippen LogP contribution in [-0.2, 0) is 9.47 Å². The average Bonchev–Trinajstić information content (AvgIpc) is 1.64. The number of fused-ring (bicyclic) bond motifs is 6. The lowest BCUT2D eigenvalue weighted by atomic mass is 10.1. The van der Waals surface area contributed by atoms with Crippen LogP contribution < -0.4 is 46.2 Å². The predicted octanol–water partition coefficient (Wildman–Crippen LogP) is 8.80. The Morgan fingerprint density at radius 2 is 0.726 bits per heavy atom. The number of anilines is 6. The van der Waals surface area contributed by atoms with Gasteiger partial charge in [0.2, 0.25) is 28.4 Å². The minimum atomic E-state index is -0.591. The van der Waals surface area contributed by atoms with Crippen molar-refractivity contribution in [1.29, 1.82) is 0 Å². The molecule has 12 aliphatic heterocycles. The van der Waals surface area contributed by atoms with E-state index in [-0.39, 0.29) is 58.1 Å². The fraction of sp³-hybridized carbons (Fsp3) is 0.590. The van der Waals surface area contributed by atoms with Gasteiger partial charge in [0.15, 0.2) is 0 Å². The van der Waals surface area contributed by atoms with Crippen molar-refractivity contribution in [2.45, 2.75) is 128 Å². The van der Waals surface area contributed by atoms with Crippen LogP contribution in [-0.4, -0.2) is 266 Å². The quantitative estimate of drug-likeness (QED) is 0.0565. The number of hydrogen-bond acceptors (Lipinski definition) is 31. The van der Waals surface area contributed by atoms with E-state index in [1.165, 1.54) is 61.9 Å². The van der Waals surface area contributed by atoms with Gasteiger partial charge in [-0.3, -0.25) is 0 Å². The van der Waals surface area contributed by atoms with Crippen molar-refractivity contribution in [1.82, 2.24) is 65.5 Å². The Labute approximate surface area is 683 Å². The van der Waals surface area contributed by atoms with Crippen LogP contribution in [0.4, 0.5) is 73.6 Å². The number of carbonyl (C=O) groups is 2. The van der Waals surface area contributed by atoms with E-state index in [1.54, 1.807) is 35.2 Å². The molecular weight excluding hydrogens is 1530 g/mol. The number of rotatable bonds is 10. The van der Waals surface area contributed by atoms with Crippen molar-refractivity contribution < 1.29 is 43.7 Å². The van der Waals surface area contributed by atoms with Gasteiger partial charge in [-0.2, -0.15) is 0 Å². The predicted molar refractivity (Wildman–Crippen MR) is 441 cm³/mol. The highest BCUT2D eigenvalue weighted by molar-refractivity contribution is 6.29. The molecule has 39 heteroatoms. The van der Waals surface area contributed by atoms with Gasteiger partial charge in [0.1, 0.15) is 22.8 Å². The summed E-state index contributed by atoms with van der Waals surface area (Å²) in [7, 11) is 4.32. The van der Waals surface area contributed by atoms with Crippen LogP contribution in [0.5, 0.6) is 0 Å². The molecule has 12 atom stereocenters. The molecule has 5 N–H and O–H groups in total. The number of aromatic nitrogens is 6. The number of likely N-dealkylation sites (tertiary alicyclic amines) is 4. The normalized spacial score (nSPS) is 25.7. The Balaban J connectivity index is 0.000000127. The van der Waals surface area contributed by atoms with E-state index in [0.717, 1.165) is 153 Å². The number of amides is 2. The molecule has 6 aromatic rings. The summed E-state index contributed by atoms with van der Waals surface area (Å²) in [6.07, 6.45) is 6.37. The second-order valence-electron chi connectivity index (χ2n) is 33.6. The highest BCUT2D eigenvalue weighted by atomic mass is 35.5. The minimum Gasteiger partial charge on any atom is -0.444 e. The van der Waals surface area contributed by atoms with Crippen molar-refractivity contribution in [3.05, 3.63) is 165 Å². The number of nitrogens with one attached hydrogen (secondary N) is 3. The van der Waals surface area contributed by atoms with Crippen LogP contribution in [0.25, 0.3) is 0 Å². The molecule has 12 unspecified atom stereocenters. The molecule has 2 amide bonds. The molecule has 0 saturated carbocycles. The lowest BCUT2D eigenvalue weighted by Gasteiger charge is -2.26. The molecule has 0 bridgehead atoms. The van der Waals surface area contributed by atoms with Crippen LogP contribution in [0.1, 0.15) is 80.1 Å². The number of nitro groups is 5. The summed E-state index contributed by atoms with van der Waals surface area (Å²) in [4.78, 5) is 119. The summed E-state index contributed by atoms with van der Waals surface area (Å²) in [6, 6.07) is 32.6. The molecule has 0 aliphatic carbocycles. The molecule has 12 saturated heterocycles. The zero-order chi connectivity index (χ0) is 83.6. The van der Waals surface area contributed by atoms with Crippen LogP contribution in [0.3, 0.4) is 0 Å². The van der Waals surface area contributed by atoms with E-state index in [9.17, 15) is 60.2 Å². The Kier molecular flexibility index (Phi) is 27.6. The number of nitrogen functional groups attached to an aromatic ring is 1. The van der Waals surface area contributed by atoms with E-state index < -0.39 is 30.2 Å². The van der Waals surface area contributed by atoms with Gasteiger partial charge in [-0.25, -0.2) is 14.6 Å². The minimum absolute atomic E-state index is 0.0673. The fourth-order valence-electron chi connectivity index (χ4n) is 18.0. The molecule has 18 heterocycles. The molecule has 12 fully saturated rings. The molecule has 0 spiro atoms.